The molecule has 0 amide bonds. The standard InChI is InChI=1S/C48H79NO2/c1-3-12-32(13-4-1)33-22-26-36(27-23-33)49(43-20-9-7-16-38(43)34-14-5-2-6-15-34)37-28-24-35(25-29-37)39-18-11-19-40-41-30-31-45-46(48(41)51-47(39)40)42-17-8-10-21-44(42)50-45/h32-48H,1-31H2. The van der Waals surface area contributed by atoms with Gasteiger partial charge in [-0.2, -0.15) is 0 Å². The minimum atomic E-state index is 0.523. The Kier molecular flexibility index (Phi) is 10.9. The Labute approximate surface area is 314 Å². The van der Waals surface area contributed by atoms with Crippen molar-refractivity contribution in [3.05, 3.63) is 0 Å². The summed E-state index contributed by atoms with van der Waals surface area (Å²) in [4.78, 5) is 3.39. The highest BCUT2D eigenvalue weighted by molar-refractivity contribution is 5.08. The van der Waals surface area contributed by atoms with Gasteiger partial charge < -0.3 is 9.47 Å². The van der Waals surface area contributed by atoms with Crippen molar-refractivity contribution in [1.82, 2.24) is 4.90 Å². The lowest BCUT2D eigenvalue weighted by Gasteiger charge is -2.54. The van der Waals surface area contributed by atoms with Crippen LogP contribution in [0.15, 0.2) is 0 Å². The zero-order valence-electron chi connectivity index (χ0n) is 33.0. The maximum absolute atomic E-state index is 7.51. The zero-order chi connectivity index (χ0) is 33.7. The van der Waals surface area contributed by atoms with Crippen LogP contribution in [0.1, 0.15) is 199 Å². The molecule has 8 aliphatic carbocycles. The van der Waals surface area contributed by atoms with Crippen molar-refractivity contribution in [3.8, 4) is 0 Å². The normalized spacial score (nSPS) is 49.9. The zero-order valence-corrected chi connectivity index (χ0v) is 33.0. The van der Waals surface area contributed by atoms with Gasteiger partial charge in [-0.1, -0.05) is 96.3 Å². The van der Waals surface area contributed by atoms with Gasteiger partial charge in [-0.05, 0) is 156 Å². The van der Waals surface area contributed by atoms with Crippen LogP contribution < -0.4 is 0 Å². The Morgan fingerprint density at radius 2 is 0.824 bits per heavy atom. The highest BCUT2D eigenvalue weighted by Gasteiger charge is 2.60. The van der Waals surface area contributed by atoms with Gasteiger partial charge in [-0.15, -0.1) is 0 Å². The molecule has 10 rings (SSSR count). The van der Waals surface area contributed by atoms with Gasteiger partial charge in [0.2, 0.25) is 0 Å². The molecule has 288 valence electrons. The van der Waals surface area contributed by atoms with Gasteiger partial charge in [0.05, 0.1) is 24.4 Å². The molecule has 2 aliphatic heterocycles. The first kappa shape index (κ1) is 35.3. The Balaban J connectivity index is 0.835. The van der Waals surface area contributed by atoms with Crippen LogP contribution in [0.5, 0.6) is 0 Å². The molecule has 51 heavy (non-hydrogen) atoms. The van der Waals surface area contributed by atoms with Gasteiger partial charge in [0.1, 0.15) is 0 Å². The fourth-order valence-electron chi connectivity index (χ4n) is 16.8. The highest BCUT2D eigenvalue weighted by Crippen LogP contribution is 2.59. The monoisotopic (exact) mass is 702 g/mol. The molecule has 10 fully saturated rings. The smallest absolute Gasteiger partial charge is 0.0667 e. The molecule has 0 aromatic rings. The lowest BCUT2D eigenvalue weighted by molar-refractivity contribution is -0.0891. The summed E-state index contributed by atoms with van der Waals surface area (Å²) in [6.07, 6.45) is 48.6. The van der Waals surface area contributed by atoms with Crippen molar-refractivity contribution >= 4 is 0 Å². The number of hydrogen-bond acceptors (Lipinski definition) is 3. The van der Waals surface area contributed by atoms with Crippen LogP contribution in [0, 0.1) is 59.2 Å². The fourth-order valence-corrected chi connectivity index (χ4v) is 16.8. The number of fused-ring (bicyclic) bond motifs is 7. The van der Waals surface area contributed by atoms with Crippen molar-refractivity contribution in [2.24, 2.45) is 59.2 Å². The van der Waals surface area contributed by atoms with Gasteiger partial charge in [-0.25, -0.2) is 0 Å². The lowest BCUT2D eigenvalue weighted by atomic mass is 9.62. The van der Waals surface area contributed by atoms with Crippen LogP contribution in [0.25, 0.3) is 0 Å². The molecular weight excluding hydrogens is 623 g/mol. The molecule has 3 heteroatoms. The Morgan fingerprint density at radius 3 is 1.57 bits per heavy atom. The summed E-state index contributed by atoms with van der Waals surface area (Å²) in [6, 6.07) is 2.68. The summed E-state index contributed by atoms with van der Waals surface area (Å²) in [5, 5.41) is 0. The maximum Gasteiger partial charge on any atom is 0.0667 e. The van der Waals surface area contributed by atoms with E-state index in [0.717, 1.165) is 77.3 Å². The van der Waals surface area contributed by atoms with E-state index < -0.39 is 0 Å². The Bertz CT molecular complexity index is 1110. The highest BCUT2D eigenvalue weighted by atomic mass is 16.5. The summed E-state index contributed by atoms with van der Waals surface area (Å²) in [5.74, 6) is 9.21. The predicted octanol–water partition coefficient (Wildman–Crippen LogP) is 12.3. The number of hydrogen-bond donors (Lipinski definition) is 0. The molecule has 0 N–H and O–H groups in total. The first-order chi connectivity index (χ1) is 25.3. The average molecular weight is 702 g/mol. The van der Waals surface area contributed by atoms with Crippen LogP contribution in [-0.2, 0) is 9.47 Å². The molecule has 2 saturated heterocycles. The summed E-state index contributed by atoms with van der Waals surface area (Å²) in [5.41, 5.74) is 0. The largest absolute Gasteiger partial charge is 0.374 e. The van der Waals surface area contributed by atoms with Crippen LogP contribution in [-0.4, -0.2) is 47.4 Å². The molecule has 8 saturated carbocycles. The van der Waals surface area contributed by atoms with Crippen molar-refractivity contribution in [3.63, 3.8) is 0 Å². The van der Waals surface area contributed by atoms with Gasteiger partial charge in [0, 0.05) is 24.0 Å². The maximum atomic E-state index is 7.51. The summed E-state index contributed by atoms with van der Waals surface area (Å²) < 4.78 is 14.3. The quantitative estimate of drug-likeness (QED) is 0.275. The first-order valence-electron chi connectivity index (χ1n) is 24.4. The molecule has 3 nitrogen and oxygen atoms in total. The summed E-state index contributed by atoms with van der Waals surface area (Å²) in [7, 11) is 0. The van der Waals surface area contributed by atoms with E-state index in [2.05, 4.69) is 4.90 Å². The molecule has 0 aromatic heterocycles. The third kappa shape index (κ3) is 6.88. The third-order valence-electron chi connectivity index (χ3n) is 19.1. The minimum absolute atomic E-state index is 0.523. The second-order valence-electron chi connectivity index (χ2n) is 21.2. The van der Waals surface area contributed by atoms with Gasteiger partial charge in [0.15, 0.2) is 0 Å². The van der Waals surface area contributed by atoms with Crippen LogP contribution in [0.2, 0.25) is 0 Å². The van der Waals surface area contributed by atoms with Crippen LogP contribution in [0.3, 0.4) is 0 Å². The SMILES string of the molecule is C1CCC(C2CCC(N(C3CCC(C4CCCC5C6CCC7OC8CCCCC8C7C6OC45)CC3)C3CCCCC3C3CCCCC3)CC2)CC1. The second-order valence-corrected chi connectivity index (χ2v) is 21.2. The molecule has 0 radical (unpaired) electrons. The van der Waals surface area contributed by atoms with Crippen molar-refractivity contribution < 1.29 is 9.47 Å². The van der Waals surface area contributed by atoms with E-state index in [1.807, 2.05) is 0 Å². The van der Waals surface area contributed by atoms with Crippen molar-refractivity contribution in [2.45, 2.75) is 242 Å². The average Bonchev–Trinajstić information content (AvgIpc) is 3.78. The summed E-state index contributed by atoms with van der Waals surface area (Å²) in [6.45, 7) is 0. The molecule has 11 unspecified atom stereocenters. The number of nitrogens with zero attached hydrogens (tertiary/aromatic N) is 1. The van der Waals surface area contributed by atoms with Gasteiger partial charge >= 0.3 is 0 Å². The predicted molar refractivity (Wildman–Crippen MR) is 209 cm³/mol. The Morgan fingerprint density at radius 1 is 0.294 bits per heavy atom. The minimum Gasteiger partial charge on any atom is -0.374 e. The number of rotatable bonds is 6. The second kappa shape index (κ2) is 15.8. The fraction of sp³-hybridized carbons (Fsp3) is 1.00. The molecule has 11 atom stereocenters. The topological polar surface area (TPSA) is 21.7 Å². The summed E-state index contributed by atoms with van der Waals surface area (Å²) >= 11 is 0. The Hall–Kier alpha value is -0.120. The van der Waals surface area contributed by atoms with Gasteiger partial charge in [-0.3, -0.25) is 4.90 Å². The molecule has 0 aromatic carbocycles. The van der Waals surface area contributed by atoms with E-state index in [-0.39, 0.29) is 0 Å². The molecular formula is C48H79NO2. The molecule has 0 spiro atoms. The van der Waals surface area contributed by atoms with E-state index >= 15 is 0 Å². The van der Waals surface area contributed by atoms with E-state index in [1.54, 1.807) is 44.9 Å². The first-order valence-corrected chi connectivity index (χ1v) is 24.4. The number of ether oxygens (including phenoxy) is 2. The molecule has 10 aliphatic rings. The van der Waals surface area contributed by atoms with Gasteiger partial charge in [0.25, 0.3) is 0 Å². The van der Waals surface area contributed by atoms with Crippen molar-refractivity contribution in [2.75, 3.05) is 0 Å². The molecule has 0 bridgehead atoms. The van der Waals surface area contributed by atoms with Crippen molar-refractivity contribution in [1.29, 1.82) is 0 Å². The van der Waals surface area contributed by atoms with Crippen LogP contribution >= 0.6 is 0 Å². The van der Waals surface area contributed by atoms with E-state index in [1.165, 1.54) is 154 Å². The van der Waals surface area contributed by atoms with E-state index in [4.69, 9.17) is 9.47 Å². The molecule has 2 heterocycles. The third-order valence-corrected chi connectivity index (χ3v) is 19.1. The van der Waals surface area contributed by atoms with Crippen LogP contribution in [0.4, 0.5) is 0 Å². The lowest BCUT2D eigenvalue weighted by Crippen LogP contribution is -2.56. The van der Waals surface area contributed by atoms with E-state index in [0.29, 0.717) is 24.4 Å². The van der Waals surface area contributed by atoms with E-state index in [9.17, 15) is 0 Å².